The zero-order chi connectivity index (χ0) is 15.0. The molecule has 0 saturated heterocycles. The summed E-state index contributed by atoms with van der Waals surface area (Å²) in [7, 11) is 0. The minimum atomic E-state index is 0.661. The van der Waals surface area contributed by atoms with Crippen LogP contribution in [0.3, 0.4) is 0 Å². The summed E-state index contributed by atoms with van der Waals surface area (Å²) in [5, 5.41) is 0.661. The van der Waals surface area contributed by atoms with E-state index in [1.807, 2.05) is 37.3 Å². The number of nitrogens with zero attached hydrogens (tertiary/aromatic N) is 4. The number of imidazole rings is 1. The first-order chi connectivity index (χ1) is 10.2. The Labute approximate surface area is 128 Å². The molecule has 106 valence electrons. The molecule has 0 aliphatic carbocycles. The van der Waals surface area contributed by atoms with Crippen LogP contribution in [-0.4, -0.2) is 14.5 Å². The molecule has 3 aromatic rings. The van der Waals surface area contributed by atoms with Gasteiger partial charge in [0.05, 0.1) is 13.1 Å². The summed E-state index contributed by atoms with van der Waals surface area (Å²) in [6.07, 6.45) is 3.72. The summed E-state index contributed by atoms with van der Waals surface area (Å²) in [5.74, 6) is 1.08. The molecule has 0 bridgehead atoms. The van der Waals surface area contributed by atoms with E-state index in [2.05, 4.69) is 22.3 Å². The molecule has 0 saturated carbocycles. The lowest BCUT2D eigenvalue weighted by atomic mass is 10.3. The van der Waals surface area contributed by atoms with Gasteiger partial charge in [0.2, 0.25) is 5.82 Å². The highest BCUT2D eigenvalue weighted by atomic mass is 35.5. The van der Waals surface area contributed by atoms with Crippen LogP contribution in [0.25, 0.3) is 22.3 Å². The minimum Gasteiger partial charge on any atom is -0.238 e. The Hall–Kier alpha value is -2.20. The first-order valence-corrected chi connectivity index (χ1v) is 7.11. The molecule has 5 heteroatoms. The van der Waals surface area contributed by atoms with Gasteiger partial charge in [0.1, 0.15) is 5.52 Å². The highest BCUT2D eigenvalue weighted by Gasteiger charge is 2.23. The maximum absolute atomic E-state index is 6.05. The molecule has 0 aliphatic rings. The Bertz CT molecular complexity index is 864. The van der Waals surface area contributed by atoms with Gasteiger partial charge in [-0.3, -0.25) is 0 Å². The van der Waals surface area contributed by atoms with E-state index in [4.69, 9.17) is 21.6 Å². The number of hydrogen-bond donors (Lipinski definition) is 0. The minimum absolute atomic E-state index is 0.661. The Morgan fingerprint density at radius 2 is 2.05 bits per heavy atom. The number of allylic oxidation sites excluding steroid dienone is 2. The molecular weight excluding hydrogens is 284 g/mol. The second-order valence-electron chi connectivity index (χ2n) is 4.85. The fourth-order valence-electron chi connectivity index (χ4n) is 2.52. The van der Waals surface area contributed by atoms with Crippen molar-refractivity contribution >= 4 is 33.9 Å². The first-order valence-electron chi connectivity index (χ1n) is 6.73. The van der Waals surface area contributed by atoms with Crippen molar-refractivity contribution in [1.82, 2.24) is 14.5 Å². The van der Waals surface area contributed by atoms with Crippen LogP contribution >= 0.6 is 11.6 Å². The van der Waals surface area contributed by atoms with Crippen molar-refractivity contribution in [3.63, 3.8) is 0 Å². The lowest BCUT2D eigenvalue weighted by molar-refractivity contribution is -0.669. The molecule has 0 atom stereocenters. The van der Waals surface area contributed by atoms with Gasteiger partial charge in [-0.1, -0.05) is 41.9 Å². The van der Waals surface area contributed by atoms with Crippen LogP contribution in [0.1, 0.15) is 5.82 Å². The molecule has 2 heterocycles. The van der Waals surface area contributed by atoms with E-state index in [-0.39, 0.29) is 0 Å². The highest BCUT2D eigenvalue weighted by Crippen LogP contribution is 2.19. The highest BCUT2D eigenvalue weighted by molar-refractivity contribution is 6.31. The van der Waals surface area contributed by atoms with Crippen LogP contribution in [0.2, 0.25) is 5.02 Å². The van der Waals surface area contributed by atoms with Crippen molar-refractivity contribution in [3.8, 4) is 0 Å². The maximum Gasteiger partial charge on any atom is 0.323 e. The SMILES string of the molecule is C=CCn1c(C)[n+](CC=C)c2nc3ccc(Cl)cc3nc21. The lowest BCUT2D eigenvalue weighted by Crippen LogP contribution is -2.36. The number of benzene rings is 1. The van der Waals surface area contributed by atoms with Gasteiger partial charge in [-0.2, -0.15) is 0 Å². The van der Waals surface area contributed by atoms with E-state index in [1.54, 1.807) is 0 Å². The Morgan fingerprint density at radius 3 is 2.76 bits per heavy atom. The third-order valence-electron chi connectivity index (χ3n) is 3.51. The second-order valence-corrected chi connectivity index (χ2v) is 5.29. The Balaban J connectivity index is 2.41. The van der Waals surface area contributed by atoms with Crippen molar-refractivity contribution in [2.24, 2.45) is 0 Å². The predicted octanol–water partition coefficient (Wildman–Crippen LogP) is 3.21. The average molecular weight is 300 g/mol. The lowest BCUT2D eigenvalue weighted by Gasteiger charge is -1.97. The van der Waals surface area contributed by atoms with E-state index in [0.717, 1.165) is 28.2 Å². The maximum atomic E-state index is 6.05. The summed E-state index contributed by atoms with van der Waals surface area (Å²) in [5.41, 5.74) is 3.32. The van der Waals surface area contributed by atoms with Crippen molar-refractivity contribution in [2.75, 3.05) is 0 Å². The number of rotatable bonds is 4. The summed E-state index contributed by atoms with van der Waals surface area (Å²) in [6, 6.07) is 5.56. The molecule has 21 heavy (non-hydrogen) atoms. The molecule has 1 aromatic carbocycles. The molecule has 4 nitrogen and oxygen atoms in total. The smallest absolute Gasteiger partial charge is 0.238 e. The molecule has 0 aliphatic heterocycles. The molecule has 0 spiro atoms. The van der Waals surface area contributed by atoms with Gasteiger partial charge in [-0.25, -0.2) is 14.1 Å². The van der Waals surface area contributed by atoms with Crippen molar-refractivity contribution in [2.45, 2.75) is 20.0 Å². The van der Waals surface area contributed by atoms with Crippen LogP contribution in [0.15, 0.2) is 43.5 Å². The number of fused-ring (bicyclic) bond motifs is 2. The van der Waals surface area contributed by atoms with Crippen LogP contribution < -0.4 is 4.57 Å². The summed E-state index contributed by atoms with van der Waals surface area (Å²) < 4.78 is 4.20. The molecule has 0 unspecified atom stereocenters. The fraction of sp³-hybridized carbons (Fsp3) is 0.188. The third-order valence-corrected chi connectivity index (χ3v) is 3.74. The molecule has 3 rings (SSSR count). The number of hydrogen-bond acceptors (Lipinski definition) is 2. The molecule has 0 N–H and O–H groups in total. The summed E-state index contributed by atoms with van der Waals surface area (Å²) in [4.78, 5) is 9.47. The summed E-state index contributed by atoms with van der Waals surface area (Å²) in [6.45, 7) is 11.1. The number of halogens is 1. The van der Waals surface area contributed by atoms with E-state index >= 15 is 0 Å². The third kappa shape index (κ3) is 2.21. The largest absolute Gasteiger partial charge is 0.323 e. The Morgan fingerprint density at radius 1 is 1.24 bits per heavy atom. The molecule has 0 fully saturated rings. The van der Waals surface area contributed by atoms with Crippen LogP contribution in [0.4, 0.5) is 0 Å². The molecule has 2 aromatic heterocycles. The molecular formula is C16H16ClN4+. The van der Waals surface area contributed by atoms with E-state index < -0.39 is 0 Å². The van der Waals surface area contributed by atoms with Gasteiger partial charge in [-0.15, -0.1) is 0 Å². The van der Waals surface area contributed by atoms with Gasteiger partial charge in [-0.05, 0) is 18.2 Å². The van der Waals surface area contributed by atoms with Gasteiger partial charge in [0.15, 0.2) is 5.52 Å². The van der Waals surface area contributed by atoms with E-state index in [0.29, 0.717) is 18.1 Å². The monoisotopic (exact) mass is 299 g/mol. The fourth-order valence-corrected chi connectivity index (χ4v) is 2.68. The Kier molecular flexibility index (Phi) is 3.47. The molecule has 0 radical (unpaired) electrons. The van der Waals surface area contributed by atoms with Gasteiger partial charge < -0.3 is 0 Å². The van der Waals surface area contributed by atoms with Crippen molar-refractivity contribution < 1.29 is 4.57 Å². The van der Waals surface area contributed by atoms with E-state index in [9.17, 15) is 0 Å². The predicted molar refractivity (Wildman–Crippen MR) is 85.4 cm³/mol. The molecule has 0 amide bonds. The van der Waals surface area contributed by atoms with E-state index in [1.165, 1.54) is 0 Å². The van der Waals surface area contributed by atoms with Gasteiger partial charge in [0, 0.05) is 11.9 Å². The van der Waals surface area contributed by atoms with Crippen LogP contribution in [0, 0.1) is 6.92 Å². The second kappa shape index (κ2) is 5.30. The zero-order valence-electron chi connectivity index (χ0n) is 11.9. The average Bonchev–Trinajstić information content (AvgIpc) is 2.71. The van der Waals surface area contributed by atoms with Gasteiger partial charge >= 0.3 is 5.65 Å². The standard InChI is InChI=1S/C16H16ClN4/c1-4-8-20-11(3)21(9-5-2)16-15(20)18-13-7-6-12(17)10-14(13)19-16/h4-7,10H,1-2,8-9H2,3H3/q+1. The van der Waals surface area contributed by atoms with Crippen molar-refractivity contribution in [3.05, 3.63) is 54.4 Å². The quantitative estimate of drug-likeness (QED) is 0.548. The van der Waals surface area contributed by atoms with Crippen molar-refractivity contribution in [1.29, 1.82) is 0 Å². The topological polar surface area (TPSA) is 34.6 Å². The van der Waals surface area contributed by atoms with Crippen LogP contribution in [0.5, 0.6) is 0 Å². The van der Waals surface area contributed by atoms with Gasteiger partial charge in [0.25, 0.3) is 5.65 Å². The summed E-state index contributed by atoms with van der Waals surface area (Å²) >= 11 is 6.05. The van der Waals surface area contributed by atoms with Crippen LogP contribution in [-0.2, 0) is 13.1 Å². The zero-order valence-corrected chi connectivity index (χ0v) is 12.6. The number of aromatic nitrogens is 4. The normalized spacial score (nSPS) is 11.1. The first kappa shape index (κ1) is 13.8.